The third kappa shape index (κ3) is 7.70. The van der Waals surface area contributed by atoms with E-state index in [0.717, 1.165) is 0 Å². The highest BCUT2D eigenvalue weighted by atomic mass is 19.1. The molecule has 144 valence electrons. The SMILES string of the molecule is CC(=O)NOCC[C@H](C)Oc1cc(F)cc(NC(=O)Nc2cccnc2)c1. The minimum atomic E-state index is -0.550. The highest BCUT2D eigenvalue weighted by Crippen LogP contribution is 2.22. The van der Waals surface area contributed by atoms with Gasteiger partial charge in [0.1, 0.15) is 11.6 Å². The number of aromatic nitrogens is 1. The van der Waals surface area contributed by atoms with Crippen LogP contribution in [0, 0.1) is 5.82 Å². The predicted octanol–water partition coefficient (Wildman–Crippen LogP) is 3.09. The molecule has 2 rings (SSSR count). The summed E-state index contributed by atoms with van der Waals surface area (Å²) in [7, 11) is 0. The van der Waals surface area contributed by atoms with Crippen molar-refractivity contribution in [1.29, 1.82) is 0 Å². The molecular weight excluding hydrogens is 355 g/mol. The maximum Gasteiger partial charge on any atom is 0.323 e. The number of benzene rings is 1. The second kappa shape index (κ2) is 10.1. The van der Waals surface area contributed by atoms with Gasteiger partial charge in [-0.3, -0.25) is 14.6 Å². The summed E-state index contributed by atoms with van der Waals surface area (Å²) in [4.78, 5) is 31.5. The molecule has 0 fully saturated rings. The minimum Gasteiger partial charge on any atom is -0.490 e. The molecule has 0 radical (unpaired) electrons. The number of hydrogen-bond donors (Lipinski definition) is 3. The number of nitrogens with one attached hydrogen (secondary N) is 3. The van der Waals surface area contributed by atoms with Gasteiger partial charge in [-0.1, -0.05) is 0 Å². The smallest absolute Gasteiger partial charge is 0.323 e. The number of hydroxylamine groups is 1. The van der Waals surface area contributed by atoms with Gasteiger partial charge in [-0.15, -0.1) is 0 Å². The molecule has 2 aromatic rings. The van der Waals surface area contributed by atoms with E-state index < -0.39 is 11.8 Å². The standard InChI is InChI=1S/C18H21FN4O4/c1-12(5-7-26-23-13(2)24)27-17-9-14(19)8-16(10-17)22-18(25)21-15-4-3-6-20-11-15/h3-4,6,8-12H,5,7H2,1-2H3,(H,23,24)(H2,21,22,25)/t12-/m0/s1. The van der Waals surface area contributed by atoms with E-state index in [1.165, 1.54) is 31.3 Å². The first kappa shape index (κ1) is 20.1. The molecule has 0 aliphatic rings. The Labute approximate surface area is 156 Å². The van der Waals surface area contributed by atoms with Crippen molar-refractivity contribution < 1.29 is 23.6 Å². The van der Waals surface area contributed by atoms with E-state index in [9.17, 15) is 14.0 Å². The molecule has 1 aromatic carbocycles. The maximum absolute atomic E-state index is 13.8. The Morgan fingerprint density at radius 3 is 2.70 bits per heavy atom. The topological polar surface area (TPSA) is 102 Å². The predicted molar refractivity (Wildman–Crippen MR) is 97.8 cm³/mol. The van der Waals surface area contributed by atoms with Gasteiger partial charge in [-0.25, -0.2) is 14.7 Å². The van der Waals surface area contributed by atoms with E-state index in [0.29, 0.717) is 12.1 Å². The lowest BCUT2D eigenvalue weighted by atomic mass is 10.2. The molecule has 3 N–H and O–H groups in total. The summed E-state index contributed by atoms with van der Waals surface area (Å²) in [6.45, 7) is 3.37. The molecule has 0 saturated heterocycles. The van der Waals surface area contributed by atoms with Crippen LogP contribution in [0.25, 0.3) is 0 Å². The highest BCUT2D eigenvalue weighted by Gasteiger charge is 2.10. The second-order valence-electron chi connectivity index (χ2n) is 5.72. The van der Waals surface area contributed by atoms with E-state index in [1.54, 1.807) is 25.3 Å². The lowest BCUT2D eigenvalue weighted by molar-refractivity contribution is -0.131. The number of ether oxygens (including phenoxy) is 1. The lowest BCUT2D eigenvalue weighted by Gasteiger charge is -2.16. The molecule has 0 aliphatic heterocycles. The number of rotatable bonds is 8. The van der Waals surface area contributed by atoms with Gasteiger partial charge in [0.25, 0.3) is 0 Å². The number of amides is 3. The normalized spacial score (nSPS) is 11.4. The van der Waals surface area contributed by atoms with Crippen LogP contribution in [0.2, 0.25) is 0 Å². The van der Waals surface area contributed by atoms with Crippen LogP contribution in [0.4, 0.5) is 20.6 Å². The van der Waals surface area contributed by atoms with E-state index in [-0.39, 0.29) is 30.1 Å². The summed E-state index contributed by atoms with van der Waals surface area (Å²) < 4.78 is 19.4. The molecule has 3 amide bonds. The van der Waals surface area contributed by atoms with Crippen molar-refractivity contribution in [3.8, 4) is 5.75 Å². The first-order valence-electron chi connectivity index (χ1n) is 8.26. The quantitative estimate of drug-likeness (QED) is 0.485. The Kier molecular flexibility index (Phi) is 7.50. The molecule has 1 heterocycles. The van der Waals surface area contributed by atoms with Crippen LogP contribution in [0.5, 0.6) is 5.75 Å². The summed E-state index contributed by atoms with van der Waals surface area (Å²) in [5.74, 6) is -0.585. The van der Waals surface area contributed by atoms with Crippen LogP contribution in [-0.4, -0.2) is 29.6 Å². The summed E-state index contributed by atoms with van der Waals surface area (Å²) in [6.07, 6.45) is 3.25. The van der Waals surface area contributed by atoms with Gasteiger partial charge in [0.2, 0.25) is 5.91 Å². The molecule has 0 saturated carbocycles. The molecule has 0 bridgehead atoms. The third-order valence-corrected chi connectivity index (χ3v) is 3.23. The van der Waals surface area contributed by atoms with Crippen molar-refractivity contribution >= 4 is 23.3 Å². The van der Waals surface area contributed by atoms with Crippen molar-refractivity contribution in [1.82, 2.24) is 10.5 Å². The van der Waals surface area contributed by atoms with Gasteiger partial charge < -0.3 is 15.4 Å². The van der Waals surface area contributed by atoms with Crippen LogP contribution < -0.4 is 20.9 Å². The number of nitrogens with zero attached hydrogens (tertiary/aromatic N) is 1. The molecule has 0 aliphatic carbocycles. The summed E-state index contributed by atoms with van der Waals surface area (Å²) in [5.41, 5.74) is 2.96. The zero-order chi connectivity index (χ0) is 19.6. The molecule has 8 nitrogen and oxygen atoms in total. The average Bonchev–Trinajstić information content (AvgIpc) is 2.58. The van der Waals surface area contributed by atoms with Crippen LogP contribution in [0.3, 0.4) is 0 Å². The monoisotopic (exact) mass is 376 g/mol. The number of carbonyl (C=O) groups excluding carboxylic acids is 2. The van der Waals surface area contributed by atoms with Crippen molar-refractivity contribution in [2.45, 2.75) is 26.4 Å². The van der Waals surface area contributed by atoms with E-state index >= 15 is 0 Å². The third-order valence-electron chi connectivity index (χ3n) is 3.23. The second-order valence-corrected chi connectivity index (χ2v) is 5.72. The molecule has 0 unspecified atom stereocenters. The Hall–Kier alpha value is -3.20. The van der Waals surface area contributed by atoms with Crippen molar-refractivity contribution in [2.75, 3.05) is 17.2 Å². The van der Waals surface area contributed by atoms with Crippen LogP contribution in [0.15, 0.2) is 42.7 Å². The van der Waals surface area contributed by atoms with Crippen molar-refractivity contribution in [3.63, 3.8) is 0 Å². The van der Waals surface area contributed by atoms with Gasteiger partial charge in [0.05, 0.1) is 24.6 Å². The van der Waals surface area contributed by atoms with Crippen LogP contribution >= 0.6 is 0 Å². The molecule has 27 heavy (non-hydrogen) atoms. The van der Waals surface area contributed by atoms with Crippen LogP contribution in [-0.2, 0) is 9.63 Å². The fraction of sp³-hybridized carbons (Fsp3) is 0.278. The van der Waals surface area contributed by atoms with Gasteiger partial charge in [0, 0.05) is 37.4 Å². The molecule has 1 atom stereocenters. The fourth-order valence-corrected chi connectivity index (χ4v) is 2.10. The number of carbonyl (C=O) groups is 2. The Morgan fingerprint density at radius 2 is 2.00 bits per heavy atom. The van der Waals surface area contributed by atoms with E-state index in [1.807, 2.05) is 0 Å². The van der Waals surface area contributed by atoms with Crippen LogP contribution in [0.1, 0.15) is 20.3 Å². The summed E-state index contributed by atoms with van der Waals surface area (Å²) >= 11 is 0. The van der Waals surface area contributed by atoms with Gasteiger partial charge in [0.15, 0.2) is 0 Å². The molecular formula is C18H21FN4O4. The minimum absolute atomic E-state index is 0.244. The van der Waals surface area contributed by atoms with Crippen molar-refractivity contribution in [2.24, 2.45) is 0 Å². The molecule has 1 aromatic heterocycles. The zero-order valence-corrected chi connectivity index (χ0v) is 15.0. The number of pyridine rings is 1. The van der Waals surface area contributed by atoms with Gasteiger partial charge in [-0.2, -0.15) is 0 Å². The average molecular weight is 376 g/mol. The van der Waals surface area contributed by atoms with E-state index in [2.05, 4.69) is 21.1 Å². The van der Waals surface area contributed by atoms with E-state index in [4.69, 9.17) is 9.57 Å². The lowest BCUT2D eigenvalue weighted by Crippen LogP contribution is -2.23. The summed E-state index contributed by atoms with van der Waals surface area (Å²) in [5, 5.41) is 5.13. The Morgan fingerprint density at radius 1 is 1.22 bits per heavy atom. The fourth-order valence-electron chi connectivity index (χ4n) is 2.10. The number of halogens is 1. The number of hydrogen-bond acceptors (Lipinski definition) is 5. The molecule has 9 heteroatoms. The first-order chi connectivity index (χ1) is 12.9. The number of anilines is 2. The Bertz CT molecular complexity index is 773. The largest absolute Gasteiger partial charge is 0.490 e. The highest BCUT2D eigenvalue weighted by molar-refractivity contribution is 5.99. The maximum atomic E-state index is 13.8. The summed E-state index contributed by atoms with van der Waals surface area (Å²) in [6, 6.07) is 6.74. The van der Waals surface area contributed by atoms with Gasteiger partial charge >= 0.3 is 6.03 Å². The van der Waals surface area contributed by atoms with Gasteiger partial charge in [-0.05, 0) is 25.1 Å². The Balaban J connectivity index is 1.89. The number of urea groups is 1. The molecule has 0 spiro atoms. The zero-order valence-electron chi connectivity index (χ0n) is 15.0. The first-order valence-corrected chi connectivity index (χ1v) is 8.26. The van der Waals surface area contributed by atoms with Crippen molar-refractivity contribution in [3.05, 3.63) is 48.5 Å².